The van der Waals surface area contributed by atoms with Gasteiger partial charge in [-0.3, -0.25) is 0 Å². The molecule has 1 aromatic heterocycles. The van der Waals surface area contributed by atoms with Gasteiger partial charge < -0.3 is 10.6 Å². The molecule has 17 heavy (non-hydrogen) atoms. The van der Waals surface area contributed by atoms with Crippen molar-refractivity contribution in [1.29, 1.82) is 0 Å². The molecule has 0 aliphatic carbocycles. The topological polar surface area (TPSA) is 49.8 Å². The molecule has 0 radical (unpaired) electrons. The van der Waals surface area contributed by atoms with E-state index in [-0.39, 0.29) is 0 Å². The molecule has 1 aliphatic heterocycles. The number of aryl methyl sites for hydroxylation is 1. The highest BCUT2D eigenvalue weighted by Gasteiger charge is 2.16. The fourth-order valence-electron chi connectivity index (χ4n) is 1.97. The van der Waals surface area contributed by atoms with Crippen molar-refractivity contribution in [3.63, 3.8) is 0 Å². The first kappa shape index (κ1) is 10.2. The Labute approximate surface area is 100 Å². The summed E-state index contributed by atoms with van der Waals surface area (Å²) < 4.78 is 0. The maximum absolute atomic E-state index is 4.31. The molecule has 0 unspecified atom stereocenters. The number of nitrogens with one attached hydrogen (secondary N) is 2. The Balaban J connectivity index is 1.91. The molecule has 2 aromatic rings. The van der Waals surface area contributed by atoms with Gasteiger partial charge in [-0.1, -0.05) is 17.7 Å². The van der Waals surface area contributed by atoms with E-state index in [1.54, 1.807) is 6.33 Å². The zero-order valence-electron chi connectivity index (χ0n) is 9.70. The smallest absolute Gasteiger partial charge is 0.138 e. The Bertz CT molecular complexity index is 534. The van der Waals surface area contributed by atoms with Crippen LogP contribution in [0.3, 0.4) is 0 Å². The molecule has 86 valence electrons. The van der Waals surface area contributed by atoms with Gasteiger partial charge in [-0.05, 0) is 19.1 Å². The number of aromatic nitrogens is 2. The molecule has 2 heterocycles. The molecule has 0 atom stereocenters. The minimum absolute atomic E-state index is 0.834. The summed E-state index contributed by atoms with van der Waals surface area (Å²) in [6.45, 7) is 3.75. The van der Waals surface area contributed by atoms with Crippen molar-refractivity contribution in [3.05, 3.63) is 47.4 Å². The van der Waals surface area contributed by atoms with Crippen molar-refractivity contribution in [2.75, 3.05) is 5.32 Å². The number of hydrogen-bond donors (Lipinski definition) is 2. The van der Waals surface area contributed by atoms with E-state index in [0.29, 0.717) is 0 Å². The van der Waals surface area contributed by atoms with Crippen LogP contribution in [0.25, 0.3) is 0 Å². The number of hydrogen-bond acceptors (Lipinski definition) is 4. The highest BCUT2D eigenvalue weighted by atomic mass is 15.1. The average Bonchev–Trinajstić information content (AvgIpc) is 2.81. The SMILES string of the molecule is Cc1ccc(Nc2ncnc3c2CNC3)cc1. The van der Waals surface area contributed by atoms with Crippen LogP contribution in [-0.4, -0.2) is 9.97 Å². The molecule has 1 aromatic carbocycles. The molecule has 2 N–H and O–H groups in total. The summed E-state index contributed by atoms with van der Waals surface area (Å²) in [5, 5.41) is 6.62. The highest BCUT2D eigenvalue weighted by molar-refractivity contribution is 5.60. The van der Waals surface area contributed by atoms with Gasteiger partial charge in [0.15, 0.2) is 0 Å². The molecule has 3 rings (SSSR count). The van der Waals surface area contributed by atoms with Crippen LogP contribution in [0.15, 0.2) is 30.6 Å². The van der Waals surface area contributed by atoms with Gasteiger partial charge in [0.1, 0.15) is 12.1 Å². The van der Waals surface area contributed by atoms with Gasteiger partial charge >= 0.3 is 0 Å². The van der Waals surface area contributed by atoms with Crippen LogP contribution in [0.2, 0.25) is 0 Å². The van der Waals surface area contributed by atoms with Crippen LogP contribution in [0.5, 0.6) is 0 Å². The van der Waals surface area contributed by atoms with E-state index in [9.17, 15) is 0 Å². The van der Waals surface area contributed by atoms with Crippen LogP contribution >= 0.6 is 0 Å². The van der Waals surface area contributed by atoms with Crippen LogP contribution in [-0.2, 0) is 13.1 Å². The normalized spacial score (nSPS) is 13.5. The van der Waals surface area contributed by atoms with Crippen molar-refractivity contribution < 1.29 is 0 Å². The van der Waals surface area contributed by atoms with E-state index >= 15 is 0 Å². The lowest BCUT2D eigenvalue weighted by atomic mass is 10.2. The van der Waals surface area contributed by atoms with Gasteiger partial charge in [0.2, 0.25) is 0 Å². The number of anilines is 2. The first-order chi connectivity index (χ1) is 8.33. The number of benzene rings is 1. The maximum atomic E-state index is 4.31. The minimum atomic E-state index is 0.834. The highest BCUT2D eigenvalue weighted by Crippen LogP contribution is 2.23. The fourth-order valence-corrected chi connectivity index (χ4v) is 1.97. The molecule has 4 nitrogen and oxygen atoms in total. The third-order valence-corrected chi connectivity index (χ3v) is 2.94. The molecule has 0 fully saturated rings. The summed E-state index contributed by atoms with van der Waals surface area (Å²) in [6.07, 6.45) is 1.61. The molecular weight excluding hydrogens is 212 g/mol. The standard InChI is InChI=1S/C13H14N4/c1-9-2-4-10(5-3-9)17-13-11-6-14-7-12(11)15-8-16-13/h2-5,8,14H,6-7H2,1H3,(H,15,16,17). The third-order valence-electron chi connectivity index (χ3n) is 2.94. The zero-order chi connectivity index (χ0) is 11.7. The quantitative estimate of drug-likeness (QED) is 0.823. The maximum Gasteiger partial charge on any atom is 0.138 e. The van der Waals surface area contributed by atoms with Gasteiger partial charge in [0, 0.05) is 24.3 Å². The Hall–Kier alpha value is -1.94. The third kappa shape index (κ3) is 1.99. The second-order valence-electron chi connectivity index (χ2n) is 4.24. The number of nitrogens with zero attached hydrogens (tertiary/aromatic N) is 2. The van der Waals surface area contributed by atoms with Crippen molar-refractivity contribution in [1.82, 2.24) is 15.3 Å². The molecular formula is C13H14N4. The predicted octanol–water partition coefficient (Wildman–Crippen LogP) is 2.13. The van der Waals surface area contributed by atoms with Crippen molar-refractivity contribution >= 4 is 11.5 Å². The molecule has 0 saturated heterocycles. The Morgan fingerprint density at radius 1 is 1.12 bits per heavy atom. The first-order valence-electron chi connectivity index (χ1n) is 5.70. The number of rotatable bonds is 2. The van der Waals surface area contributed by atoms with Gasteiger partial charge in [-0.2, -0.15) is 0 Å². The van der Waals surface area contributed by atoms with Crippen LogP contribution < -0.4 is 10.6 Å². The molecule has 0 saturated carbocycles. The summed E-state index contributed by atoms with van der Waals surface area (Å²) in [6, 6.07) is 8.29. The molecule has 0 spiro atoms. The Morgan fingerprint density at radius 2 is 1.94 bits per heavy atom. The van der Waals surface area contributed by atoms with Gasteiger partial charge in [-0.25, -0.2) is 9.97 Å². The monoisotopic (exact) mass is 226 g/mol. The summed E-state index contributed by atoms with van der Waals surface area (Å²) in [5.74, 6) is 0.906. The molecule has 0 bridgehead atoms. The first-order valence-corrected chi connectivity index (χ1v) is 5.70. The van der Waals surface area contributed by atoms with Crippen molar-refractivity contribution in [3.8, 4) is 0 Å². The molecule has 0 amide bonds. The van der Waals surface area contributed by atoms with Crippen LogP contribution in [0, 0.1) is 6.92 Å². The summed E-state index contributed by atoms with van der Waals surface area (Å²) >= 11 is 0. The summed E-state index contributed by atoms with van der Waals surface area (Å²) in [7, 11) is 0. The molecule has 1 aliphatic rings. The summed E-state index contributed by atoms with van der Waals surface area (Å²) in [5.41, 5.74) is 4.58. The fraction of sp³-hybridized carbons (Fsp3) is 0.231. The minimum Gasteiger partial charge on any atom is -0.340 e. The van der Waals surface area contributed by atoms with Crippen LogP contribution in [0.1, 0.15) is 16.8 Å². The van der Waals surface area contributed by atoms with E-state index in [4.69, 9.17) is 0 Å². The van der Waals surface area contributed by atoms with Crippen LogP contribution in [0.4, 0.5) is 11.5 Å². The van der Waals surface area contributed by atoms with E-state index in [1.807, 2.05) is 0 Å². The van der Waals surface area contributed by atoms with E-state index in [0.717, 1.165) is 30.3 Å². The lowest BCUT2D eigenvalue weighted by Gasteiger charge is -2.09. The van der Waals surface area contributed by atoms with Crippen molar-refractivity contribution in [2.45, 2.75) is 20.0 Å². The van der Waals surface area contributed by atoms with E-state index < -0.39 is 0 Å². The van der Waals surface area contributed by atoms with Gasteiger partial charge in [0.25, 0.3) is 0 Å². The van der Waals surface area contributed by atoms with Gasteiger partial charge in [0.05, 0.1) is 5.69 Å². The second kappa shape index (κ2) is 4.14. The Morgan fingerprint density at radius 3 is 2.76 bits per heavy atom. The molecule has 4 heteroatoms. The van der Waals surface area contributed by atoms with Gasteiger partial charge in [-0.15, -0.1) is 0 Å². The number of fused-ring (bicyclic) bond motifs is 1. The average molecular weight is 226 g/mol. The predicted molar refractivity (Wildman–Crippen MR) is 67.0 cm³/mol. The zero-order valence-corrected chi connectivity index (χ0v) is 9.70. The summed E-state index contributed by atoms with van der Waals surface area (Å²) in [4.78, 5) is 8.57. The lowest BCUT2D eigenvalue weighted by Crippen LogP contribution is -2.02. The lowest BCUT2D eigenvalue weighted by molar-refractivity contribution is 0.758. The van der Waals surface area contributed by atoms with E-state index in [2.05, 4.69) is 51.8 Å². The second-order valence-corrected chi connectivity index (χ2v) is 4.24. The largest absolute Gasteiger partial charge is 0.340 e. The van der Waals surface area contributed by atoms with Crippen molar-refractivity contribution in [2.24, 2.45) is 0 Å². The Kier molecular flexibility index (Phi) is 2.49. The van der Waals surface area contributed by atoms with E-state index in [1.165, 1.54) is 11.1 Å².